The number of rotatable bonds is 4. The normalized spacial score (nSPS) is 15.1. The topological polar surface area (TPSA) is 88.6 Å². The Balaban J connectivity index is 1.54. The van der Waals surface area contributed by atoms with E-state index >= 15 is 0 Å². The van der Waals surface area contributed by atoms with Crippen LogP contribution in [-0.2, 0) is 11.3 Å². The molecule has 1 fully saturated rings. The Bertz CT molecular complexity index is 816. The number of carbonyl (C=O) groups is 2. The molecule has 3 rings (SSSR count). The van der Waals surface area contributed by atoms with Gasteiger partial charge in [-0.25, -0.2) is 4.39 Å². The third-order valence-electron chi connectivity index (χ3n) is 4.44. The molecule has 0 unspecified atom stereocenters. The summed E-state index contributed by atoms with van der Waals surface area (Å²) in [6.07, 6.45) is 2.50. The number of hydrogen-bond donors (Lipinski definition) is 2. The second-order valence-electron chi connectivity index (χ2n) is 6.19. The molecule has 2 aromatic rings. The van der Waals surface area contributed by atoms with E-state index in [1.807, 2.05) is 0 Å². The number of nitrogens with zero attached hydrogens (tertiary/aromatic N) is 1. The number of carbonyl (C=O) groups excluding carboxylic acids is 2. The van der Waals surface area contributed by atoms with Gasteiger partial charge in [-0.2, -0.15) is 0 Å². The van der Waals surface area contributed by atoms with Crippen molar-refractivity contribution < 1.29 is 18.4 Å². The molecule has 6 nitrogen and oxygen atoms in total. The van der Waals surface area contributed by atoms with Crippen molar-refractivity contribution in [2.24, 2.45) is 11.7 Å². The van der Waals surface area contributed by atoms with E-state index in [9.17, 15) is 14.0 Å². The zero-order valence-electron chi connectivity index (χ0n) is 14.0. The fraction of sp³-hybridized carbons (Fsp3) is 0.333. The summed E-state index contributed by atoms with van der Waals surface area (Å²) < 4.78 is 18.4. The fourth-order valence-corrected chi connectivity index (χ4v) is 3.13. The molecule has 0 saturated carbocycles. The van der Waals surface area contributed by atoms with Gasteiger partial charge in [-0.05, 0) is 37.1 Å². The van der Waals surface area contributed by atoms with Crippen LogP contribution >= 0.6 is 11.6 Å². The molecule has 2 heterocycles. The Morgan fingerprint density at radius 3 is 2.65 bits per heavy atom. The molecule has 8 heteroatoms. The molecule has 3 N–H and O–H groups in total. The SMILES string of the molecule is NCc1cc(C(=O)N2CCC(C(=O)Nc3ccc(F)c(Cl)c3)CC2)co1. The van der Waals surface area contributed by atoms with Gasteiger partial charge in [0.15, 0.2) is 0 Å². The van der Waals surface area contributed by atoms with Crippen LogP contribution in [0.3, 0.4) is 0 Å². The van der Waals surface area contributed by atoms with Crippen molar-refractivity contribution in [2.45, 2.75) is 19.4 Å². The lowest BCUT2D eigenvalue weighted by Crippen LogP contribution is -2.41. The molecule has 2 amide bonds. The molecule has 0 bridgehead atoms. The standard InChI is InChI=1S/C18H19ClFN3O3/c19-15-8-13(1-2-16(15)20)22-17(24)11-3-5-23(6-4-11)18(25)12-7-14(9-21)26-10-12/h1-2,7-8,10-11H,3-6,9,21H2,(H,22,24). The van der Waals surface area contributed by atoms with E-state index in [1.165, 1.54) is 24.5 Å². The Morgan fingerprint density at radius 2 is 2.04 bits per heavy atom. The van der Waals surface area contributed by atoms with Gasteiger partial charge in [0, 0.05) is 24.7 Å². The number of halogens is 2. The first-order valence-electron chi connectivity index (χ1n) is 8.30. The largest absolute Gasteiger partial charge is 0.467 e. The number of likely N-dealkylation sites (tertiary alicyclic amines) is 1. The number of nitrogens with one attached hydrogen (secondary N) is 1. The van der Waals surface area contributed by atoms with Crippen LogP contribution in [0, 0.1) is 11.7 Å². The highest BCUT2D eigenvalue weighted by Gasteiger charge is 2.28. The Morgan fingerprint density at radius 1 is 1.31 bits per heavy atom. The summed E-state index contributed by atoms with van der Waals surface area (Å²) in [5, 5.41) is 2.70. The molecule has 138 valence electrons. The number of piperidine rings is 1. The van der Waals surface area contributed by atoms with Gasteiger partial charge >= 0.3 is 0 Å². The minimum atomic E-state index is -0.534. The minimum absolute atomic E-state index is 0.0415. The minimum Gasteiger partial charge on any atom is -0.467 e. The third kappa shape index (κ3) is 4.05. The average Bonchev–Trinajstić information content (AvgIpc) is 3.13. The van der Waals surface area contributed by atoms with E-state index in [4.69, 9.17) is 21.8 Å². The van der Waals surface area contributed by atoms with Crippen LogP contribution in [0.2, 0.25) is 5.02 Å². The molecule has 26 heavy (non-hydrogen) atoms. The lowest BCUT2D eigenvalue weighted by atomic mass is 9.95. The smallest absolute Gasteiger partial charge is 0.257 e. The highest BCUT2D eigenvalue weighted by atomic mass is 35.5. The average molecular weight is 380 g/mol. The molecule has 1 saturated heterocycles. The van der Waals surface area contributed by atoms with Crippen LogP contribution in [0.1, 0.15) is 29.0 Å². The van der Waals surface area contributed by atoms with Gasteiger partial charge in [0.05, 0.1) is 17.1 Å². The maximum Gasteiger partial charge on any atom is 0.257 e. The first-order valence-corrected chi connectivity index (χ1v) is 8.68. The van der Waals surface area contributed by atoms with Crippen LogP contribution in [0.25, 0.3) is 0 Å². The number of nitrogens with two attached hydrogens (primary N) is 1. The van der Waals surface area contributed by atoms with Gasteiger partial charge in [0.25, 0.3) is 5.91 Å². The Hall–Kier alpha value is -2.38. The molecular weight excluding hydrogens is 361 g/mol. The summed E-state index contributed by atoms with van der Waals surface area (Å²) >= 11 is 5.72. The molecule has 1 aliphatic heterocycles. The van der Waals surface area contributed by atoms with Crippen molar-refractivity contribution in [1.82, 2.24) is 4.90 Å². The number of benzene rings is 1. The third-order valence-corrected chi connectivity index (χ3v) is 4.73. The summed E-state index contributed by atoms with van der Waals surface area (Å²) in [7, 11) is 0. The molecule has 1 aromatic carbocycles. The fourth-order valence-electron chi connectivity index (χ4n) is 2.95. The van der Waals surface area contributed by atoms with E-state index in [1.54, 1.807) is 11.0 Å². The summed E-state index contributed by atoms with van der Waals surface area (Å²) in [5.41, 5.74) is 6.40. The van der Waals surface area contributed by atoms with Crippen LogP contribution in [0.4, 0.5) is 10.1 Å². The molecule has 1 aliphatic rings. The van der Waals surface area contributed by atoms with E-state index < -0.39 is 5.82 Å². The van der Waals surface area contributed by atoms with Crippen molar-refractivity contribution in [3.63, 3.8) is 0 Å². The van der Waals surface area contributed by atoms with E-state index in [0.717, 1.165) is 0 Å². The molecule has 0 spiro atoms. The summed E-state index contributed by atoms with van der Waals surface area (Å²) in [6, 6.07) is 5.69. The zero-order chi connectivity index (χ0) is 18.7. The Labute approximate surface area is 155 Å². The second-order valence-corrected chi connectivity index (χ2v) is 6.60. The highest BCUT2D eigenvalue weighted by molar-refractivity contribution is 6.31. The van der Waals surface area contributed by atoms with Crippen molar-refractivity contribution in [1.29, 1.82) is 0 Å². The highest BCUT2D eigenvalue weighted by Crippen LogP contribution is 2.23. The number of furan rings is 1. The van der Waals surface area contributed by atoms with Crippen LogP contribution in [0.5, 0.6) is 0 Å². The molecule has 0 atom stereocenters. The zero-order valence-corrected chi connectivity index (χ0v) is 14.8. The van der Waals surface area contributed by atoms with Gasteiger partial charge in [0.1, 0.15) is 17.8 Å². The second kappa shape index (κ2) is 7.88. The van der Waals surface area contributed by atoms with Gasteiger partial charge in [-0.1, -0.05) is 11.6 Å². The quantitative estimate of drug-likeness (QED) is 0.854. The maximum absolute atomic E-state index is 13.2. The molecule has 0 aliphatic carbocycles. The first-order chi connectivity index (χ1) is 12.5. The lowest BCUT2D eigenvalue weighted by Gasteiger charge is -2.31. The van der Waals surface area contributed by atoms with E-state index in [2.05, 4.69) is 5.32 Å². The van der Waals surface area contributed by atoms with Crippen molar-refractivity contribution >= 4 is 29.1 Å². The number of anilines is 1. The number of amides is 2. The van der Waals surface area contributed by atoms with Crippen LogP contribution in [-0.4, -0.2) is 29.8 Å². The molecular formula is C18H19ClFN3O3. The predicted octanol–water partition coefficient (Wildman–Crippen LogP) is 3.02. The summed E-state index contributed by atoms with van der Waals surface area (Å²) in [5.74, 6) is -0.480. The van der Waals surface area contributed by atoms with Gasteiger partial charge < -0.3 is 20.4 Å². The first kappa shape index (κ1) is 18.4. The van der Waals surface area contributed by atoms with Crippen LogP contribution in [0.15, 0.2) is 34.9 Å². The van der Waals surface area contributed by atoms with Crippen LogP contribution < -0.4 is 11.1 Å². The van der Waals surface area contributed by atoms with Crippen molar-refractivity contribution in [3.8, 4) is 0 Å². The van der Waals surface area contributed by atoms with Crippen molar-refractivity contribution in [3.05, 3.63) is 52.7 Å². The van der Waals surface area contributed by atoms with Crippen molar-refractivity contribution in [2.75, 3.05) is 18.4 Å². The summed E-state index contributed by atoms with van der Waals surface area (Å²) in [6.45, 7) is 1.19. The predicted molar refractivity (Wildman–Crippen MR) is 95.3 cm³/mol. The van der Waals surface area contributed by atoms with Gasteiger partial charge in [-0.15, -0.1) is 0 Å². The maximum atomic E-state index is 13.2. The Kier molecular flexibility index (Phi) is 5.58. The molecule has 1 aromatic heterocycles. The summed E-state index contributed by atoms with van der Waals surface area (Å²) in [4.78, 5) is 26.5. The monoisotopic (exact) mass is 379 g/mol. The van der Waals surface area contributed by atoms with Gasteiger partial charge in [-0.3, -0.25) is 9.59 Å². The lowest BCUT2D eigenvalue weighted by molar-refractivity contribution is -0.121. The van der Waals surface area contributed by atoms with E-state index in [0.29, 0.717) is 42.9 Å². The van der Waals surface area contributed by atoms with Gasteiger partial charge in [0.2, 0.25) is 5.91 Å². The number of hydrogen-bond acceptors (Lipinski definition) is 4. The molecule has 0 radical (unpaired) electrons. The van der Waals surface area contributed by atoms with E-state index in [-0.39, 0.29) is 29.3 Å².